The molecular formula is C10H14BrN3O3. The molecule has 7 heteroatoms. The van der Waals surface area contributed by atoms with Crippen molar-refractivity contribution >= 4 is 27.7 Å². The molecule has 0 saturated carbocycles. The number of halogens is 1. The number of aromatic nitrogens is 2. The second-order valence-electron chi connectivity index (χ2n) is 3.70. The van der Waals surface area contributed by atoms with Crippen molar-refractivity contribution in [2.45, 2.75) is 26.4 Å². The molecule has 0 aromatic carbocycles. The Morgan fingerprint density at radius 2 is 2.29 bits per heavy atom. The molecule has 0 fully saturated rings. The van der Waals surface area contributed by atoms with Gasteiger partial charge in [0.15, 0.2) is 5.82 Å². The predicted molar refractivity (Wildman–Crippen MR) is 67.0 cm³/mol. The van der Waals surface area contributed by atoms with Crippen molar-refractivity contribution < 1.29 is 9.53 Å². The van der Waals surface area contributed by atoms with E-state index in [4.69, 9.17) is 0 Å². The largest absolute Gasteiger partial charge is 0.468 e. The SMILES string of the molecule is COC(=O)Cn1c(Br)cnc(NC(C)C)c1=O. The summed E-state index contributed by atoms with van der Waals surface area (Å²) in [5.74, 6) is -0.276. The van der Waals surface area contributed by atoms with Gasteiger partial charge in [-0.2, -0.15) is 0 Å². The first-order valence-corrected chi connectivity index (χ1v) is 5.83. The summed E-state index contributed by atoms with van der Waals surface area (Å²) >= 11 is 3.17. The van der Waals surface area contributed by atoms with E-state index in [9.17, 15) is 9.59 Å². The Morgan fingerprint density at radius 1 is 1.65 bits per heavy atom. The Balaban J connectivity index is 3.11. The molecule has 0 aliphatic rings. The zero-order chi connectivity index (χ0) is 13.0. The topological polar surface area (TPSA) is 73.2 Å². The van der Waals surface area contributed by atoms with Crippen molar-refractivity contribution in [2.24, 2.45) is 0 Å². The van der Waals surface area contributed by atoms with E-state index in [1.165, 1.54) is 17.9 Å². The quantitative estimate of drug-likeness (QED) is 0.840. The number of ether oxygens (including phenoxy) is 1. The van der Waals surface area contributed by atoms with Crippen molar-refractivity contribution in [1.29, 1.82) is 0 Å². The molecule has 0 radical (unpaired) electrons. The summed E-state index contributed by atoms with van der Waals surface area (Å²) in [6.07, 6.45) is 1.47. The minimum atomic E-state index is -0.491. The molecule has 1 heterocycles. The van der Waals surface area contributed by atoms with Crippen LogP contribution in [-0.4, -0.2) is 28.7 Å². The van der Waals surface area contributed by atoms with Crippen LogP contribution in [0.3, 0.4) is 0 Å². The summed E-state index contributed by atoms with van der Waals surface area (Å²) in [7, 11) is 1.27. The third-order valence-corrected chi connectivity index (χ3v) is 2.58. The molecule has 0 saturated heterocycles. The van der Waals surface area contributed by atoms with Gasteiger partial charge in [0.25, 0.3) is 5.56 Å². The first-order valence-electron chi connectivity index (χ1n) is 5.04. The fourth-order valence-corrected chi connectivity index (χ4v) is 1.57. The number of nitrogens with zero attached hydrogens (tertiary/aromatic N) is 2. The number of methoxy groups -OCH3 is 1. The molecule has 1 aromatic heterocycles. The predicted octanol–water partition coefficient (Wildman–Crippen LogP) is 0.999. The highest BCUT2D eigenvalue weighted by Crippen LogP contribution is 2.08. The summed E-state index contributed by atoms with van der Waals surface area (Å²) in [5, 5.41) is 2.91. The van der Waals surface area contributed by atoms with Crippen LogP contribution in [0.2, 0.25) is 0 Å². The zero-order valence-corrected chi connectivity index (χ0v) is 11.4. The van der Waals surface area contributed by atoms with E-state index in [1.807, 2.05) is 13.8 Å². The van der Waals surface area contributed by atoms with Gasteiger partial charge in [0.05, 0.1) is 13.3 Å². The number of nitrogens with one attached hydrogen (secondary N) is 1. The summed E-state index contributed by atoms with van der Waals surface area (Å²) < 4.78 is 6.21. The van der Waals surface area contributed by atoms with E-state index in [0.29, 0.717) is 4.60 Å². The van der Waals surface area contributed by atoms with Gasteiger partial charge in [-0.05, 0) is 29.8 Å². The third kappa shape index (κ3) is 3.55. The molecule has 0 atom stereocenters. The molecule has 0 bridgehead atoms. The Morgan fingerprint density at radius 3 is 2.82 bits per heavy atom. The van der Waals surface area contributed by atoms with Gasteiger partial charge in [0.1, 0.15) is 11.1 Å². The fraction of sp³-hybridized carbons (Fsp3) is 0.500. The van der Waals surface area contributed by atoms with E-state index in [1.54, 1.807) is 0 Å². The van der Waals surface area contributed by atoms with Gasteiger partial charge < -0.3 is 10.1 Å². The maximum atomic E-state index is 12.0. The van der Waals surface area contributed by atoms with Crippen LogP contribution in [0.4, 0.5) is 5.82 Å². The van der Waals surface area contributed by atoms with Crippen LogP contribution in [-0.2, 0) is 16.1 Å². The number of carbonyl (C=O) groups is 1. The second kappa shape index (κ2) is 5.81. The lowest BCUT2D eigenvalue weighted by atomic mass is 10.4. The number of anilines is 1. The molecular weight excluding hydrogens is 290 g/mol. The Hall–Kier alpha value is -1.37. The molecule has 17 heavy (non-hydrogen) atoms. The molecule has 1 N–H and O–H groups in total. The first-order chi connectivity index (χ1) is 7.95. The van der Waals surface area contributed by atoms with Crippen LogP contribution in [0.15, 0.2) is 15.6 Å². The highest BCUT2D eigenvalue weighted by Gasteiger charge is 2.12. The molecule has 0 unspecified atom stereocenters. The van der Waals surface area contributed by atoms with E-state index in [2.05, 4.69) is 31.0 Å². The van der Waals surface area contributed by atoms with Crippen molar-refractivity contribution in [1.82, 2.24) is 9.55 Å². The van der Waals surface area contributed by atoms with Gasteiger partial charge in [-0.3, -0.25) is 14.2 Å². The van der Waals surface area contributed by atoms with Crippen molar-refractivity contribution in [3.63, 3.8) is 0 Å². The van der Waals surface area contributed by atoms with Gasteiger partial charge in [-0.15, -0.1) is 0 Å². The van der Waals surface area contributed by atoms with Crippen molar-refractivity contribution in [2.75, 3.05) is 12.4 Å². The number of hydrogen-bond donors (Lipinski definition) is 1. The van der Waals surface area contributed by atoms with Crippen molar-refractivity contribution in [3.05, 3.63) is 21.2 Å². The molecule has 6 nitrogen and oxygen atoms in total. The normalized spacial score (nSPS) is 10.4. The average Bonchev–Trinajstić information content (AvgIpc) is 2.27. The first kappa shape index (κ1) is 13.7. The standard InChI is InChI=1S/C10H14BrN3O3/c1-6(2)13-9-10(16)14(5-8(15)17-3)7(11)4-12-9/h4,6H,5H2,1-3H3,(H,12,13). The Bertz CT molecular complexity index is 470. The van der Waals surface area contributed by atoms with Gasteiger partial charge in [-0.1, -0.05) is 0 Å². The lowest BCUT2D eigenvalue weighted by Crippen LogP contribution is -2.30. The maximum absolute atomic E-state index is 12.0. The van der Waals surface area contributed by atoms with E-state index < -0.39 is 5.97 Å². The van der Waals surface area contributed by atoms with E-state index in [0.717, 1.165) is 0 Å². The molecule has 1 aromatic rings. The zero-order valence-electron chi connectivity index (χ0n) is 9.86. The number of rotatable bonds is 4. The molecule has 0 spiro atoms. The molecule has 0 aliphatic carbocycles. The molecule has 0 aliphatic heterocycles. The average molecular weight is 304 g/mol. The smallest absolute Gasteiger partial charge is 0.325 e. The summed E-state index contributed by atoms with van der Waals surface area (Å²) in [6, 6.07) is 0.0861. The van der Waals surface area contributed by atoms with E-state index in [-0.39, 0.29) is 24.0 Å². The molecule has 94 valence electrons. The van der Waals surface area contributed by atoms with Gasteiger partial charge in [0.2, 0.25) is 0 Å². The van der Waals surface area contributed by atoms with Crippen LogP contribution < -0.4 is 10.9 Å². The van der Waals surface area contributed by atoms with Crippen LogP contribution in [0.25, 0.3) is 0 Å². The summed E-state index contributed by atoms with van der Waals surface area (Å²) in [4.78, 5) is 27.1. The number of esters is 1. The Labute approximate surface area is 107 Å². The minimum Gasteiger partial charge on any atom is -0.468 e. The third-order valence-electron chi connectivity index (χ3n) is 1.95. The number of hydrogen-bond acceptors (Lipinski definition) is 5. The number of carbonyl (C=O) groups excluding carboxylic acids is 1. The molecule has 1 rings (SSSR count). The summed E-state index contributed by atoms with van der Waals surface area (Å²) in [6.45, 7) is 3.65. The molecule has 0 amide bonds. The van der Waals surface area contributed by atoms with Crippen LogP contribution in [0, 0.1) is 0 Å². The van der Waals surface area contributed by atoms with Crippen molar-refractivity contribution in [3.8, 4) is 0 Å². The van der Waals surface area contributed by atoms with Crippen LogP contribution in [0.5, 0.6) is 0 Å². The van der Waals surface area contributed by atoms with E-state index >= 15 is 0 Å². The van der Waals surface area contributed by atoms with Crippen LogP contribution in [0.1, 0.15) is 13.8 Å². The van der Waals surface area contributed by atoms with Gasteiger partial charge in [0, 0.05) is 6.04 Å². The van der Waals surface area contributed by atoms with Crippen LogP contribution >= 0.6 is 15.9 Å². The summed E-state index contributed by atoms with van der Waals surface area (Å²) in [5.41, 5.74) is -0.363. The maximum Gasteiger partial charge on any atom is 0.325 e. The monoisotopic (exact) mass is 303 g/mol. The van der Waals surface area contributed by atoms with Gasteiger partial charge >= 0.3 is 5.97 Å². The highest BCUT2D eigenvalue weighted by atomic mass is 79.9. The second-order valence-corrected chi connectivity index (χ2v) is 4.51. The minimum absolute atomic E-state index is 0.0861. The van der Waals surface area contributed by atoms with Gasteiger partial charge in [-0.25, -0.2) is 4.98 Å². The lowest BCUT2D eigenvalue weighted by molar-refractivity contribution is -0.141. The fourth-order valence-electron chi connectivity index (χ4n) is 1.18. The Kier molecular flexibility index (Phi) is 4.68. The lowest BCUT2D eigenvalue weighted by Gasteiger charge is -2.12. The highest BCUT2D eigenvalue weighted by molar-refractivity contribution is 9.10.